The van der Waals surface area contributed by atoms with E-state index in [1.54, 1.807) is 12.1 Å². The zero-order valence-corrected chi connectivity index (χ0v) is 12.6. The van der Waals surface area contributed by atoms with Crippen LogP contribution in [-0.2, 0) is 0 Å². The maximum absolute atomic E-state index is 12.7. The molecular weight excluding hydrogens is 278 g/mol. The molecule has 2 fully saturated rings. The van der Waals surface area contributed by atoms with Crippen molar-refractivity contribution in [3.05, 3.63) is 29.6 Å². The summed E-state index contributed by atoms with van der Waals surface area (Å²) in [4.78, 5) is 18.7. The highest BCUT2D eigenvalue weighted by atomic mass is 16.3. The minimum absolute atomic E-state index is 0.0789. The number of aliphatic hydroxyl groups excluding tert-OH is 1. The fourth-order valence-corrected chi connectivity index (χ4v) is 3.81. The van der Waals surface area contributed by atoms with Crippen LogP contribution >= 0.6 is 0 Å². The van der Waals surface area contributed by atoms with Gasteiger partial charge in [-0.1, -0.05) is 12.8 Å². The monoisotopic (exact) mass is 299 g/mol. The van der Waals surface area contributed by atoms with Crippen LogP contribution in [0.3, 0.4) is 0 Å². The van der Waals surface area contributed by atoms with Gasteiger partial charge in [-0.3, -0.25) is 4.79 Å². The van der Waals surface area contributed by atoms with Gasteiger partial charge >= 0.3 is 0 Å². The Kier molecular flexibility index (Phi) is 4.39. The van der Waals surface area contributed by atoms with E-state index in [1.165, 1.54) is 6.20 Å². The smallest absolute Gasteiger partial charge is 0.272 e. The Labute approximate surface area is 130 Å². The molecule has 22 heavy (non-hydrogen) atoms. The highest BCUT2D eigenvalue weighted by molar-refractivity contribution is 5.92. The van der Waals surface area contributed by atoms with E-state index in [4.69, 9.17) is 5.26 Å². The second-order valence-corrected chi connectivity index (χ2v) is 6.27. The summed E-state index contributed by atoms with van der Waals surface area (Å²) in [5.41, 5.74) is 0.841. The standard InChI is InChI=1S/C17H21N3O2/c18-10-12-7-8-14(19-11-12)17(22)20-9-3-5-15(20)13-4-1-2-6-16(13)21/h7-8,11,13,15-16,21H,1-6,9H2/t13-,15+,16-/m0/s1. The van der Waals surface area contributed by atoms with Crippen LogP contribution < -0.4 is 0 Å². The number of amides is 1. The van der Waals surface area contributed by atoms with E-state index in [9.17, 15) is 9.90 Å². The molecule has 0 radical (unpaired) electrons. The third kappa shape index (κ3) is 2.84. The molecule has 1 amide bonds. The van der Waals surface area contributed by atoms with E-state index in [1.807, 2.05) is 11.0 Å². The predicted octanol–water partition coefficient (Wildman–Crippen LogP) is 2.11. The van der Waals surface area contributed by atoms with Crippen molar-refractivity contribution in [2.75, 3.05) is 6.54 Å². The summed E-state index contributed by atoms with van der Waals surface area (Å²) >= 11 is 0. The van der Waals surface area contributed by atoms with Crippen LogP contribution in [0.2, 0.25) is 0 Å². The van der Waals surface area contributed by atoms with Crippen molar-refractivity contribution in [2.45, 2.75) is 50.7 Å². The molecule has 0 unspecified atom stereocenters. The highest BCUT2D eigenvalue weighted by Crippen LogP contribution is 2.35. The van der Waals surface area contributed by atoms with Gasteiger partial charge in [0, 0.05) is 24.7 Å². The van der Waals surface area contributed by atoms with Gasteiger partial charge in [0.05, 0.1) is 11.7 Å². The second-order valence-electron chi connectivity index (χ2n) is 6.27. The summed E-state index contributed by atoms with van der Waals surface area (Å²) in [6, 6.07) is 5.38. The SMILES string of the molecule is N#Cc1ccc(C(=O)N2CCC[C@@H]2[C@@H]2CCCC[C@@H]2O)nc1. The average molecular weight is 299 g/mol. The first kappa shape index (κ1) is 15.0. The molecule has 1 aliphatic heterocycles. The third-order valence-electron chi connectivity index (χ3n) is 4.95. The number of carbonyl (C=O) groups is 1. The number of carbonyl (C=O) groups excluding carboxylic acids is 1. The van der Waals surface area contributed by atoms with Crippen molar-refractivity contribution in [2.24, 2.45) is 5.92 Å². The molecule has 116 valence electrons. The van der Waals surface area contributed by atoms with Crippen molar-refractivity contribution in [1.82, 2.24) is 9.88 Å². The fraction of sp³-hybridized carbons (Fsp3) is 0.588. The number of likely N-dealkylation sites (tertiary alicyclic amines) is 1. The molecule has 1 aromatic rings. The molecule has 1 saturated carbocycles. The van der Waals surface area contributed by atoms with Crippen LogP contribution in [0.1, 0.15) is 54.6 Å². The lowest BCUT2D eigenvalue weighted by Gasteiger charge is -2.37. The van der Waals surface area contributed by atoms with Gasteiger partial charge < -0.3 is 10.0 Å². The first-order valence-corrected chi connectivity index (χ1v) is 8.06. The van der Waals surface area contributed by atoms with E-state index >= 15 is 0 Å². The van der Waals surface area contributed by atoms with Crippen molar-refractivity contribution < 1.29 is 9.90 Å². The summed E-state index contributed by atoms with van der Waals surface area (Å²) in [5, 5.41) is 19.1. The lowest BCUT2D eigenvalue weighted by atomic mass is 9.80. The van der Waals surface area contributed by atoms with E-state index in [2.05, 4.69) is 4.98 Å². The summed E-state index contributed by atoms with van der Waals surface area (Å²) in [7, 11) is 0. The van der Waals surface area contributed by atoms with Gasteiger partial charge in [-0.15, -0.1) is 0 Å². The Balaban J connectivity index is 1.77. The molecule has 5 nitrogen and oxygen atoms in total. The molecule has 0 bridgehead atoms. The number of rotatable bonds is 2. The summed E-state index contributed by atoms with van der Waals surface area (Å²) in [6.45, 7) is 0.731. The van der Waals surface area contributed by atoms with Gasteiger partial charge in [0.1, 0.15) is 11.8 Å². The molecule has 1 N–H and O–H groups in total. The minimum Gasteiger partial charge on any atom is -0.393 e. The second kappa shape index (κ2) is 6.45. The Hall–Kier alpha value is -1.93. The van der Waals surface area contributed by atoms with Crippen molar-refractivity contribution in [3.8, 4) is 6.07 Å². The number of hydrogen-bond acceptors (Lipinski definition) is 4. The first-order chi connectivity index (χ1) is 10.7. The van der Waals surface area contributed by atoms with Crippen LogP contribution in [-0.4, -0.2) is 39.6 Å². The summed E-state index contributed by atoms with van der Waals surface area (Å²) in [6.07, 6.45) is 7.15. The molecule has 1 saturated heterocycles. The number of nitrogens with zero attached hydrogens (tertiary/aromatic N) is 3. The first-order valence-electron chi connectivity index (χ1n) is 8.06. The Morgan fingerprint density at radius 1 is 1.27 bits per heavy atom. The van der Waals surface area contributed by atoms with Crippen molar-refractivity contribution in [3.63, 3.8) is 0 Å². The van der Waals surface area contributed by atoms with Crippen molar-refractivity contribution in [1.29, 1.82) is 5.26 Å². The van der Waals surface area contributed by atoms with Crippen LogP contribution in [0.25, 0.3) is 0 Å². The van der Waals surface area contributed by atoms with Gasteiger partial charge in [-0.05, 0) is 37.8 Å². The quantitative estimate of drug-likeness (QED) is 0.907. The Morgan fingerprint density at radius 3 is 2.77 bits per heavy atom. The average Bonchev–Trinajstić information content (AvgIpc) is 3.04. The Bertz CT molecular complexity index is 579. The molecule has 5 heteroatoms. The molecule has 1 aromatic heterocycles. The lowest BCUT2D eigenvalue weighted by molar-refractivity contribution is 0.0209. The number of pyridine rings is 1. The van der Waals surface area contributed by atoms with Gasteiger partial charge in [0.15, 0.2) is 0 Å². The van der Waals surface area contributed by atoms with E-state index < -0.39 is 0 Å². The molecule has 1 aliphatic carbocycles. The van der Waals surface area contributed by atoms with Crippen LogP contribution in [0.15, 0.2) is 18.3 Å². The zero-order valence-electron chi connectivity index (χ0n) is 12.6. The molecule has 0 aromatic carbocycles. The maximum Gasteiger partial charge on any atom is 0.272 e. The van der Waals surface area contributed by atoms with Crippen LogP contribution in [0, 0.1) is 17.2 Å². The minimum atomic E-state index is -0.291. The third-order valence-corrected chi connectivity index (χ3v) is 4.95. The fourth-order valence-electron chi connectivity index (χ4n) is 3.81. The van der Waals surface area contributed by atoms with E-state index in [0.29, 0.717) is 11.3 Å². The molecule has 3 rings (SSSR count). The summed E-state index contributed by atoms with van der Waals surface area (Å²) in [5.74, 6) is 0.114. The molecule has 2 heterocycles. The Morgan fingerprint density at radius 2 is 2.09 bits per heavy atom. The van der Waals surface area contributed by atoms with E-state index in [0.717, 1.165) is 45.1 Å². The van der Waals surface area contributed by atoms with Crippen LogP contribution in [0.5, 0.6) is 0 Å². The van der Waals surface area contributed by atoms with Gasteiger partial charge in [0.25, 0.3) is 5.91 Å². The maximum atomic E-state index is 12.7. The predicted molar refractivity (Wildman–Crippen MR) is 81.0 cm³/mol. The molecular formula is C17H21N3O2. The molecule has 2 aliphatic rings. The van der Waals surface area contributed by atoms with E-state index in [-0.39, 0.29) is 24.0 Å². The normalized spacial score (nSPS) is 28.4. The highest BCUT2D eigenvalue weighted by Gasteiger charge is 2.39. The van der Waals surface area contributed by atoms with Gasteiger partial charge in [0.2, 0.25) is 0 Å². The molecule has 3 atom stereocenters. The lowest BCUT2D eigenvalue weighted by Crippen LogP contribution is -2.45. The largest absolute Gasteiger partial charge is 0.393 e. The topological polar surface area (TPSA) is 77.2 Å². The number of aromatic nitrogens is 1. The number of nitriles is 1. The summed E-state index contributed by atoms with van der Waals surface area (Å²) < 4.78 is 0. The number of hydrogen-bond donors (Lipinski definition) is 1. The van der Waals surface area contributed by atoms with Crippen molar-refractivity contribution >= 4 is 5.91 Å². The van der Waals surface area contributed by atoms with Gasteiger partial charge in [-0.25, -0.2) is 4.98 Å². The number of aliphatic hydroxyl groups is 1. The van der Waals surface area contributed by atoms with Crippen LogP contribution in [0.4, 0.5) is 0 Å². The molecule has 0 spiro atoms. The van der Waals surface area contributed by atoms with Gasteiger partial charge in [-0.2, -0.15) is 5.26 Å². The zero-order chi connectivity index (χ0) is 15.5.